The molecule has 1 saturated carbocycles. The standard InChI is InChI=1S/C31H35F4N3O9S/c1-17(39)38-12-9-24(22(16-38)28(41)36-18-5-4-6-20(13-18)48(44,45)31(33,34)35)37-27(40)21-14-26(23(32)15-25(21)46-3)47-19-7-10-30(2,11-8-19)29(42)43/h4-6,13-15,19,22,24H,7-12,16H2,1-3H3,(H,36,41)(H,37,40)(H,42,43). The van der Waals surface area contributed by atoms with Gasteiger partial charge in [-0.1, -0.05) is 6.07 Å². The Balaban J connectivity index is 1.55. The van der Waals surface area contributed by atoms with E-state index in [1.54, 1.807) is 6.92 Å². The number of ether oxygens (including phenoxy) is 2. The van der Waals surface area contributed by atoms with Crippen molar-refractivity contribution >= 4 is 39.2 Å². The van der Waals surface area contributed by atoms with Crippen LogP contribution in [0.4, 0.5) is 23.2 Å². The van der Waals surface area contributed by atoms with Gasteiger partial charge < -0.3 is 30.1 Å². The van der Waals surface area contributed by atoms with Crippen molar-refractivity contribution in [1.82, 2.24) is 10.2 Å². The van der Waals surface area contributed by atoms with Crippen LogP contribution < -0.4 is 20.1 Å². The molecule has 2 aliphatic rings. The van der Waals surface area contributed by atoms with Crippen molar-refractivity contribution in [2.24, 2.45) is 11.3 Å². The van der Waals surface area contributed by atoms with E-state index in [0.29, 0.717) is 31.7 Å². The average molecular weight is 702 g/mol. The van der Waals surface area contributed by atoms with Gasteiger partial charge in [0.25, 0.3) is 15.7 Å². The molecule has 48 heavy (non-hydrogen) atoms. The quantitative estimate of drug-likeness (QED) is 0.326. The molecule has 1 heterocycles. The summed E-state index contributed by atoms with van der Waals surface area (Å²) >= 11 is 0. The minimum Gasteiger partial charge on any atom is -0.496 e. The second-order valence-electron chi connectivity index (χ2n) is 12.1. The number of piperidine rings is 1. The lowest BCUT2D eigenvalue weighted by atomic mass is 9.75. The average Bonchev–Trinajstić information content (AvgIpc) is 3.02. The highest BCUT2D eigenvalue weighted by Crippen LogP contribution is 2.39. The molecule has 17 heteroatoms. The predicted molar refractivity (Wildman–Crippen MR) is 162 cm³/mol. The number of halogens is 4. The smallest absolute Gasteiger partial charge is 0.496 e. The maximum Gasteiger partial charge on any atom is 0.501 e. The summed E-state index contributed by atoms with van der Waals surface area (Å²) in [6, 6.07) is 4.76. The Bertz CT molecular complexity index is 1690. The lowest BCUT2D eigenvalue weighted by molar-refractivity contribution is -0.150. The fourth-order valence-electron chi connectivity index (χ4n) is 5.74. The van der Waals surface area contributed by atoms with Gasteiger partial charge in [0.05, 0.1) is 35.0 Å². The maximum atomic E-state index is 15.0. The third-order valence-electron chi connectivity index (χ3n) is 8.77. The van der Waals surface area contributed by atoms with E-state index in [1.807, 2.05) is 0 Å². The van der Waals surface area contributed by atoms with Crippen LogP contribution in [-0.2, 0) is 24.2 Å². The highest BCUT2D eigenvalue weighted by atomic mass is 32.2. The molecule has 4 rings (SSSR count). The van der Waals surface area contributed by atoms with Crippen molar-refractivity contribution in [2.75, 3.05) is 25.5 Å². The number of hydrogen-bond acceptors (Lipinski definition) is 8. The van der Waals surface area contributed by atoms with E-state index in [4.69, 9.17) is 9.47 Å². The molecule has 0 radical (unpaired) electrons. The number of carboxylic acids is 1. The van der Waals surface area contributed by atoms with Crippen LogP contribution in [0.3, 0.4) is 0 Å². The summed E-state index contributed by atoms with van der Waals surface area (Å²) in [6.45, 7) is 2.87. The summed E-state index contributed by atoms with van der Waals surface area (Å²) in [6.07, 6.45) is 0.873. The van der Waals surface area contributed by atoms with E-state index in [1.165, 1.54) is 25.0 Å². The number of amides is 3. The van der Waals surface area contributed by atoms with Crippen molar-refractivity contribution in [2.45, 2.75) is 68.5 Å². The minimum absolute atomic E-state index is 0.0865. The van der Waals surface area contributed by atoms with Crippen LogP contribution in [0.1, 0.15) is 56.3 Å². The zero-order valence-corrected chi connectivity index (χ0v) is 27.0. The molecule has 2 fully saturated rings. The first-order valence-electron chi connectivity index (χ1n) is 14.9. The van der Waals surface area contributed by atoms with Crippen molar-refractivity contribution in [1.29, 1.82) is 0 Å². The van der Waals surface area contributed by atoms with Gasteiger partial charge in [0.1, 0.15) is 5.75 Å². The number of hydrogen-bond donors (Lipinski definition) is 3. The van der Waals surface area contributed by atoms with Crippen LogP contribution in [0.2, 0.25) is 0 Å². The molecule has 262 valence electrons. The Morgan fingerprint density at radius 2 is 1.71 bits per heavy atom. The molecule has 1 saturated heterocycles. The van der Waals surface area contributed by atoms with Crippen molar-refractivity contribution < 1.29 is 59.7 Å². The molecule has 1 aliphatic heterocycles. The number of aliphatic carboxylic acids is 1. The van der Waals surface area contributed by atoms with Gasteiger partial charge in [-0.15, -0.1) is 0 Å². The number of nitrogens with one attached hydrogen (secondary N) is 2. The van der Waals surface area contributed by atoms with Gasteiger partial charge in [-0.2, -0.15) is 13.2 Å². The van der Waals surface area contributed by atoms with Gasteiger partial charge in [-0.05, 0) is 63.3 Å². The van der Waals surface area contributed by atoms with Gasteiger partial charge in [-0.25, -0.2) is 12.8 Å². The maximum absolute atomic E-state index is 15.0. The van der Waals surface area contributed by atoms with Gasteiger partial charge >= 0.3 is 11.5 Å². The molecule has 2 unspecified atom stereocenters. The molecule has 1 aliphatic carbocycles. The summed E-state index contributed by atoms with van der Waals surface area (Å²) in [4.78, 5) is 51.0. The van der Waals surface area contributed by atoms with Crippen LogP contribution in [0.15, 0.2) is 41.3 Å². The topological polar surface area (TPSA) is 168 Å². The third kappa shape index (κ3) is 7.82. The van der Waals surface area contributed by atoms with E-state index in [-0.39, 0.29) is 48.2 Å². The van der Waals surface area contributed by atoms with E-state index < -0.39 is 67.3 Å². The summed E-state index contributed by atoms with van der Waals surface area (Å²) < 4.78 is 89.1. The third-order valence-corrected chi connectivity index (χ3v) is 10.3. The SMILES string of the molecule is COc1cc(F)c(OC2CCC(C)(C(=O)O)CC2)cc1C(=O)NC1CCN(C(C)=O)CC1C(=O)Nc1cccc(S(=O)(=O)C(F)(F)F)c1. The normalized spacial score (nSPS) is 23.1. The van der Waals surface area contributed by atoms with Crippen molar-refractivity contribution in [3.05, 3.63) is 47.8 Å². The van der Waals surface area contributed by atoms with Crippen molar-refractivity contribution in [3.63, 3.8) is 0 Å². The number of anilines is 1. The lowest BCUT2D eigenvalue weighted by Gasteiger charge is -2.37. The fraction of sp³-hybridized carbons (Fsp3) is 0.484. The van der Waals surface area contributed by atoms with Crippen molar-refractivity contribution in [3.8, 4) is 11.5 Å². The van der Waals surface area contributed by atoms with Crippen LogP contribution in [-0.4, -0.2) is 80.0 Å². The number of carbonyl (C=O) groups excluding carboxylic acids is 3. The van der Waals surface area contributed by atoms with Crippen LogP contribution >= 0.6 is 0 Å². The molecular weight excluding hydrogens is 666 g/mol. The molecule has 3 amide bonds. The number of alkyl halides is 3. The number of sulfone groups is 1. The molecule has 2 aromatic carbocycles. The first-order valence-corrected chi connectivity index (χ1v) is 16.4. The number of carbonyl (C=O) groups is 4. The number of methoxy groups -OCH3 is 1. The first-order chi connectivity index (χ1) is 22.4. The second-order valence-corrected chi connectivity index (χ2v) is 14.0. The van der Waals surface area contributed by atoms with E-state index >= 15 is 4.39 Å². The molecule has 0 spiro atoms. The largest absolute Gasteiger partial charge is 0.501 e. The Morgan fingerprint density at radius 1 is 1.04 bits per heavy atom. The summed E-state index contributed by atoms with van der Waals surface area (Å²) in [7, 11) is -4.49. The molecule has 3 N–H and O–H groups in total. The van der Waals surface area contributed by atoms with E-state index in [0.717, 1.165) is 24.3 Å². The van der Waals surface area contributed by atoms with E-state index in [2.05, 4.69) is 10.6 Å². The zero-order valence-electron chi connectivity index (χ0n) is 26.2. The number of benzene rings is 2. The Kier molecular flexibility index (Phi) is 10.6. The fourth-order valence-corrected chi connectivity index (χ4v) is 6.55. The molecule has 2 aromatic rings. The highest BCUT2D eigenvalue weighted by Gasteiger charge is 2.47. The summed E-state index contributed by atoms with van der Waals surface area (Å²) in [5, 5.41) is 14.6. The summed E-state index contributed by atoms with van der Waals surface area (Å²) in [5.41, 5.74) is -6.89. The minimum atomic E-state index is -5.70. The first kappa shape index (κ1) is 36.4. The zero-order chi connectivity index (χ0) is 35.6. The monoisotopic (exact) mass is 701 g/mol. The Labute approximate surface area is 273 Å². The molecule has 0 aromatic heterocycles. The lowest BCUT2D eigenvalue weighted by Crippen LogP contribution is -2.55. The molecule has 0 bridgehead atoms. The van der Waals surface area contributed by atoms with Crippen LogP contribution in [0.5, 0.6) is 11.5 Å². The van der Waals surface area contributed by atoms with Gasteiger partial charge in [0.2, 0.25) is 11.8 Å². The van der Waals surface area contributed by atoms with E-state index in [9.17, 15) is 45.9 Å². The Morgan fingerprint density at radius 3 is 2.29 bits per heavy atom. The highest BCUT2D eigenvalue weighted by molar-refractivity contribution is 7.92. The number of rotatable bonds is 9. The second kappa shape index (κ2) is 14.0. The number of carboxylic acid groups (broad SMARTS) is 1. The Hall–Kier alpha value is -4.41. The molecular formula is C31H35F4N3O9S. The van der Waals surface area contributed by atoms with Gasteiger partial charge in [0, 0.05) is 37.8 Å². The van der Waals surface area contributed by atoms with Gasteiger partial charge in [-0.3, -0.25) is 19.2 Å². The number of nitrogens with zero attached hydrogens (tertiary/aromatic N) is 1. The molecule has 12 nitrogen and oxygen atoms in total. The summed E-state index contributed by atoms with van der Waals surface area (Å²) in [5.74, 6) is -5.27. The van der Waals surface area contributed by atoms with Crippen LogP contribution in [0.25, 0.3) is 0 Å². The predicted octanol–water partition coefficient (Wildman–Crippen LogP) is 4.15. The number of likely N-dealkylation sites (tertiary alicyclic amines) is 1. The van der Waals surface area contributed by atoms with Crippen LogP contribution in [0, 0.1) is 17.2 Å². The molecule has 2 atom stereocenters. The van der Waals surface area contributed by atoms with Gasteiger partial charge in [0.15, 0.2) is 11.6 Å².